The van der Waals surface area contributed by atoms with Crippen LogP contribution in [0, 0.1) is 0 Å². The zero-order valence-corrected chi connectivity index (χ0v) is 5.90. The highest BCUT2D eigenvalue weighted by Crippen LogP contribution is 2.25. The number of fused-ring (bicyclic) bond motifs is 2. The summed E-state index contributed by atoms with van der Waals surface area (Å²) in [7, 11) is 0. The average Bonchev–Trinajstić information content (AvgIpc) is 2.12. The van der Waals surface area contributed by atoms with Crippen molar-refractivity contribution in [3.05, 3.63) is 0 Å². The van der Waals surface area contributed by atoms with Gasteiger partial charge in [-0.1, -0.05) is 6.42 Å². The Morgan fingerprint density at radius 2 is 1.44 bits per heavy atom. The van der Waals surface area contributed by atoms with Gasteiger partial charge >= 0.3 is 0 Å². The van der Waals surface area contributed by atoms with Crippen LogP contribution in [0.5, 0.6) is 0 Å². The molecule has 2 unspecified atom stereocenters. The number of rotatable bonds is 0. The van der Waals surface area contributed by atoms with Gasteiger partial charge in [0.1, 0.15) is 0 Å². The van der Waals surface area contributed by atoms with Crippen LogP contribution < -0.4 is 11.5 Å². The number of hydrogen-bond donors (Lipinski definition) is 2. The average molecular weight is 128 g/mol. The molecule has 2 nitrogen and oxygen atoms in total. The molecule has 54 valence electrons. The van der Waals surface area contributed by atoms with E-state index < -0.39 is 0 Å². The van der Waals surface area contributed by atoms with E-state index in [0.29, 0.717) is 0 Å². The highest BCUT2D eigenvalue weighted by Gasteiger charge is 2.26. The monoisotopic (exact) mass is 128 g/mol. The molecule has 2 bridgehead atoms. The molecule has 0 saturated carbocycles. The van der Waals surface area contributed by atoms with Crippen molar-refractivity contribution in [2.45, 2.75) is 44.2 Å². The van der Waals surface area contributed by atoms with E-state index in [0.717, 1.165) is 12.1 Å². The standard InChI is InChI=1S/C7H13N.H3N/c1-2-6-4-5-7(3-1)8-6;/h6-8H,1-5H2;1H3. The second-order valence-electron chi connectivity index (χ2n) is 3.07. The van der Waals surface area contributed by atoms with E-state index in [1.54, 1.807) is 0 Å². The van der Waals surface area contributed by atoms with Crippen molar-refractivity contribution in [3.8, 4) is 0 Å². The normalized spacial score (nSPS) is 40.0. The maximum Gasteiger partial charge on any atom is 0.00702 e. The maximum atomic E-state index is 3.59. The molecule has 0 aromatic rings. The van der Waals surface area contributed by atoms with Crippen molar-refractivity contribution in [2.24, 2.45) is 0 Å². The molecule has 0 aliphatic carbocycles. The summed E-state index contributed by atoms with van der Waals surface area (Å²) < 4.78 is 0. The molecule has 2 fully saturated rings. The van der Waals surface area contributed by atoms with Gasteiger partial charge in [0.25, 0.3) is 0 Å². The molecule has 2 atom stereocenters. The quantitative estimate of drug-likeness (QED) is 0.518. The second-order valence-corrected chi connectivity index (χ2v) is 3.07. The highest BCUT2D eigenvalue weighted by molar-refractivity contribution is 4.87. The third kappa shape index (κ3) is 1.25. The summed E-state index contributed by atoms with van der Waals surface area (Å²) in [5.74, 6) is 0. The Morgan fingerprint density at radius 3 is 1.89 bits per heavy atom. The predicted molar refractivity (Wildman–Crippen MR) is 38.8 cm³/mol. The summed E-state index contributed by atoms with van der Waals surface area (Å²) in [6, 6.07) is 1.82. The first kappa shape index (κ1) is 7.03. The summed E-state index contributed by atoms with van der Waals surface area (Å²) >= 11 is 0. The first-order valence-electron chi connectivity index (χ1n) is 3.71. The van der Waals surface area contributed by atoms with Crippen molar-refractivity contribution < 1.29 is 0 Å². The molecule has 0 amide bonds. The molecule has 0 spiro atoms. The Labute approximate surface area is 56.6 Å². The third-order valence-corrected chi connectivity index (χ3v) is 2.44. The van der Waals surface area contributed by atoms with Crippen LogP contribution in [-0.4, -0.2) is 12.1 Å². The van der Waals surface area contributed by atoms with Crippen LogP contribution in [-0.2, 0) is 0 Å². The lowest BCUT2D eigenvalue weighted by molar-refractivity contribution is 0.406. The van der Waals surface area contributed by atoms with Gasteiger partial charge in [-0.2, -0.15) is 0 Å². The fraction of sp³-hybridized carbons (Fsp3) is 1.00. The first-order valence-corrected chi connectivity index (χ1v) is 3.71. The number of hydrogen-bond acceptors (Lipinski definition) is 2. The summed E-state index contributed by atoms with van der Waals surface area (Å²) in [5, 5.41) is 3.59. The Kier molecular flexibility index (Phi) is 2.09. The van der Waals surface area contributed by atoms with E-state index in [1.807, 2.05) is 0 Å². The Balaban J connectivity index is 0.000000405. The van der Waals surface area contributed by atoms with Gasteiger partial charge in [-0.15, -0.1) is 0 Å². The minimum atomic E-state index is 0. The van der Waals surface area contributed by atoms with Crippen LogP contribution in [0.15, 0.2) is 0 Å². The van der Waals surface area contributed by atoms with E-state index in [1.165, 1.54) is 32.1 Å². The van der Waals surface area contributed by atoms with Crippen molar-refractivity contribution in [3.63, 3.8) is 0 Å². The molecule has 2 rings (SSSR count). The summed E-state index contributed by atoms with van der Waals surface area (Å²) in [6.07, 6.45) is 7.25. The summed E-state index contributed by atoms with van der Waals surface area (Å²) in [5.41, 5.74) is 0. The van der Waals surface area contributed by atoms with Crippen molar-refractivity contribution >= 4 is 0 Å². The maximum absolute atomic E-state index is 3.59. The molecule has 2 aliphatic heterocycles. The molecule has 2 saturated heterocycles. The van der Waals surface area contributed by atoms with Gasteiger partial charge in [-0.05, 0) is 25.7 Å². The van der Waals surface area contributed by atoms with Gasteiger partial charge in [-0.3, -0.25) is 0 Å². The van der Waals surface area contributed by atoms with Gasteiger partial charge in [0.2, 0.25) is 0 Å². The molecule has 2 heterocycles. The number of nitrogens with one attached hydrogen (secondary N) is 1. The first-order chi connectivity index (χ1) is 3.95. The third-order valence-electron chi connectivity index (χ3n) is 2.44. The molecule has 0 radical (unpaired) electrons. The van der Waals surface area contributed by atoms with E-state index in [4.69, 9.17) is 0 Å². The Hall–Kier alpha value is -0.0800. The van der Waals surface area contributed by atoms with E-state index in [9.17, 15) is 0 Å². The second kappa shape index (κ2) is 2.67. The fourth-order valence-corrected chi connectivity index (χ4v) is 1.97. The van der Waals surface area contributed by atoms with Crippen LogP contribution in [0.4, 0.5) is 0 Å². The molecule has 0 aromatic heterocycles. The van der Waals surface area contributed by atoms with Gasteiger partial charge in [0, 0.05) is 12.1 Å². The zero-order chi connectivity index (χ0) is 5.40. The van der Waals surface area contributed by atoms with Crippen molar-refractivity contribution in [2.75, 3.05) is 0 Å². The van der Waals surface area contributed by atoms with Crippen molar-refractivity contribution in [1.29, 1.82) is 0 Å². The lowest BCUT2D eigenvalue weighted by Gasteiger charge is -2.19. The smallest absolute Gasteiger partial charge is 0.00702 e. The molecular weight excluding hydrogens is 112 g/mol. The fourth-order valence-electron chi connectivity index (χ4n) is 1.97. The summed E-state index contributed by atoms with van der Waals surface area (Å²) in [6.45, 7) is 0. The van der Waals surface area contributed by atoms with E-state index in [2.05, 4.69) is 5.32 Å². The molecule has 0 aromatic carbocycles. The van der Waals surface area contributed by atoms with Gasteiger partial charge in [-0.25, -0.2) is 0 Å². The van der Waals surface area contributed by atoms with Crippen molar-refractivity contribution in [1.82, 2.24) is 11.5 Å². The van der Waals surface area contributed by atoms with Gasteiger partial charge in [0.15, 0.2) is 0 Å². The minimum Gasteiger partial charge on any atom is -0.344 e. The topological polar surface area (TPSA) is 47.0 Å². The van der Waals surface area contributed by atoms with Crippen LogP contribution in [0.25, 0.3) is 0 Å². The van der Waals surface area contributed by atoms with E-state index >= 15 is 0 Å². The van der Waals surface area contributed by atoms with Gasteiger partial charge < -0.3 is 11.5 Å². The van der Waals surface area contributed by atoms with Gasteiger partial charge in [0.05, 0.1) is 0 Å². The highest BCUT2D eigenvalue weighted by atomic mass is 15.0. The Morgan fingerprint density at radius 1 is 0.889 bits per heavy atom. The van der Waals surface area contributed by atoms with E-state index in [-0.39, 0.29) is 6.15 Å². The molecule has 4 N–H and O–H groups in total. The lowest BCUT2D eigenvalue weighted by atomic mass is 10.1. The zero-order valence-electron chi connectivity index (χ0n) is 5.90. The summed E-state index contributed by atoms with van der Waals surface area (Å²) in [4.78, 5) is 0. The lowest BCUT2D eigenvalue weighted by Crippen LogP contribution is -2.33. The predicted octanol–water partition coefficient (Wildman–Crippen LogP) is 1.45. The Bertz CT molecular complexity index is 78.9. The molecular formula is C7H16N2. The molecule has 9 heavy (non-hydrogen) atoms. The van der Waals surface area contributed by atoms with Crippen LogP contribution in [0.2, 0.25) is 0 Å². The van der Waals surface area contributed by atoms with Crippen LogP contribution >= 0.6 is 0 Å². The minimum absolute atomic E-state index is 0. The SMILES string of the molecule is C1CC2CCC(C1)N2.N. The number of piperidine rings is 1. The molecule has 2 aliphatic rings. The largest absolute Gasteiger partial charge is 0.344 e. The molecule has 2 heteroatoms. The van der Waals surface area contributed by atoms with Crippen LogP contribution in [0.1, 0.15) is 32.1 Å². The van der Waals surface area contributed by atoms with Crippen LogP contribution in [0.3, 0.4) is 0 Å².